The fourth-order valence-corrected chi connectivity index (χ4v) is 3.17. The predicted molar refractivity (Wildman–Crippen MR) is 111 cm³/mol. The van der Waals surface area contributed by atoms with E-state index >= 15 is 0 Å². The molecule has 0 amide bonds. The van der Waals surface area contributed by atoms with Crippen LogP contribution in [0.15, 0.2) is 48.7 Å². The van der Waals surface area contributed by atoms with Crippen LogP contribution in [0.4, 0.5) is 17.5 Å². The standard InChI is InChI=1S/C22H26N4O/c1-15-12-16(2)21(17(3)13-15)26-22-24-11-9-20(25-22)23-10-8-18-6-5-7-19(14-18)27-4/h5-7,9,11-14H,8,10H2,1-4H3,(H2,23,24,25,26). The Morgan fingerprint density at radius 2 is 1.78 bits per heavy atom. The molecule has 0 bridgehead atoms. The second kappa shape index (κ2) is 8.54. The summed E-state index contributed by atoms with van der Waals surface area (Å²) in [6.07, 6.45) is 2.65. The largest absolute Gasteiger partial charge is 0.497 e. The summed E-state index contributed by atoms with van der Waals surface area (Å²) < 4.78 is 5.27. The minimum Gasteiger partial charge on any atom is -0.497 e. The van der Waals surface area contributed by atoms with Gasteiger partial charge in [0, 0.05) is 18.4 Å². The van der Waals surface area contributed by atoms with Crippen LogP contribution in [0.3, 0.4) is 0 Å². The Morgan fingerprint density at radius 1 is 1.00 bits per heavy atom. The first-order valence-corrected chi connectivity index (χ1v) is 9.10. The van der Waals surface area contributed by atoms with Gasteiger partial charge in [-0.15, -0.1) is 0 Å². The van der Waals surface area contributed by atoms with E-state index in [9.17, 15) is 0 Å². The zero-order chi connectivity index (χ0) is 19.2. The van der Waals surface area contributed by atoms with Crippen molar-refractivity contribution in [1.82, 2.24) is 9.97 Å². The van der Waals surface area contributed by atoms with Gasteiger partial charge in [0.2, 0.25) is 5.95 Å². The molecule has 27 heavy (non-hydrogen) atoms. The highest BCUT2D eigenvalue weighted by molar-refractivity contribution is 5.64. The number of hydrogen-bond acceptors (Lipinski definition) is 5. The molecule has 0 saturated heterocycles. The second-order valence-corrected chi connectivity index (χ2v) is 6.69. The molecule has 1 heterocycles. The van der Waals surface area contributed by atoms with Gasteiger partial charge < -0.3 is 15.4 Å². The molecule has 0 saturated carbocycles. The van der Waals surface area contributed by atoms with E-state index in [1.807, 2.05) is 18.2 Å². The molecule has 5 heteroatoms. The monoisotopic (exact) mass is 362 g/mol. The summed E-state index contributed by atoms with van der Waals surface area (Å²) in [5.41, 5.74) is 5.92. The Hall–Kier alpha value is -3.08. The number of aromatic nitrogens is 2. The molecule has 3 rings (SSSR count). The molecule has 0 spiro atoms. The quantitative estimate of drug-likeness (QED) is 0.632. The SMILES string of the molecule is COc1cccc(CCNc2ccnc(Nc3c(C)cc(C)cc3C)n2)c1. The number of nitrogens with zero attached hydrogens (tertiary/aromatic N) is 2. The van der Waals surface area contributed by atoms with Crippen molar-refractivity contribution < 1.29 is 4.74 Å². The zero-order valence-electron chi connectivity index (χ0n) is 16.3. The van der Waals surface area contributed by atoms with Crippen LogP contribution in [0.5, 0.6) is 5.75 Å². The fraction of sp³-hybridized carbons (Fsp3) is 0.273. The third-order valence-electron chi connectivity index (χ3n) is 4.42. The van der Waals surface area contributed by atoms with Crippen molar-refractivity contribution in [3.8, 4) is 5.75 Å². The minimum atomic E-state index is 0.594. The summed E-state index contributed by atoms with van der Waals surface area (Å²) in [4.78, 5) is 8.93. The molecule has 5 nitrogen and oxygen atoms in total. The fourth-order valence-electron chi connectivity index (χ4n) is 3.17. The van der Waals surface area contributed by atoms with E-state index < -0.39 is 0 Å². The summed E-state index contributed by atoms with van der Waals surface area (Å²) in [7, 11) is 1.68. The van der Waals surface area contributed by atoms with Crippen molar-refractivity contribution in [2.75, 3.05) is 24.3 Å². The average molecular weight is 362 g/mol. The Labute approximate surface area is 160 Å². The first-order chi connectivity index (χ1) is 13.0. The topological polar surface area (TPSA) is 59.1 Å². The molecule has 0 fully saturated rings. The van der Waals surface area contributed by atoms with Crippen molar-refractivity contribution in [1.29, 1.82) is 0 Å². The molecule has 0 radical (unpaired) electrons. The molecule has 3 aromatic rings. The van der Waals surface area contributed by atoms with Crippen molar-refractivity contribution in [3.63, 3.8) is 0 Å². The summed E-state index contributed by atoms with van der Waals surface area (Å²) in [5.74, 6) is 2.28. The van der Waals surface area contributed by atoms with Gasteiger partial charge in [-0.2, -0.15) is 4.98 Å². The summed E-state index contributed by atoms with van der Waals surface area (Å²) in [6, 6.07) is 14.3. The lowest BCUT2D eigenvalue weighted by atomic mass is 10.1. The van der Waals surface area contributed by atoms with Gasteiger partial charge in [-0.25, -0.2) is 4.98 Å². The highest BCUT2D eigenvalue weighted by atomic mass is 16.5. The molecule has 140 valence electrons. The van der Waals surface area contributed by atoms with Gasteiger partial charge in [0.15, 0.2) is 0 Å². The number of ether oxygens (including phenoxy) is 1. The third kappa shape index (κ3) is 4.97. The van der Waals surface area contributed by atoms with Gasteiger partial charge in [0.25, 0.3) is 0 Å². The smallest absolute Gasteiger partial charge is 0.229 e. The van der Waals surface area contributed by atoms with Crippen molar-refractivity contribution in [3.05, 3.63) is 70.9 Å². The Bertz CT molecular complexity index is 901. The third-order valence-corrected chi connectivity index (χ3v) is 4.42. The molecule has 0 atom stereocenters. The highest BCUT2D eigenvalue weighted by Crippen LogP contribution is 2.24. The van der Waals surface area contributed by atoms with Crippen LogP contribution in [0, 0.1) is 20.8 Å². The Kier molecular flexibility index (Phi) is 5.91. The van der Waals surface area contributed by atoms with Gasteiger partial charge in [-0.3, -0.25) is 0 Å². The summed E-state index contributed by atoms with van der Waals surface area (Å²) in [5, 5.41) is 6.72. The first-order valence-electron chi connectivity index (χ1n) is 9.10. The number of nitrogens with one attached hydrogen (secondary N) is 2. The lowest BCUT2D eigenvalue weighted by Gasteiger charge is -2.13. The van der Waals surface area contributed by atoms with Gasteiger partial charge >= 0.3 is 0 Å². The van der Waals surface area contributed by atoms with E-state index in [1.54, 1.807) is 13.3 Å². The maximum Gasteiger partial charge on any atom is 0.229 e. The zero-order valence-corrected chi connectivity index (χ0v) is 16.3. The number of aryl methyl sites for hydroxylation is 3. The van der Waals surface area contributed by atoms with Gasteiger partial charge in [-0.05, 0) is 62.1 Å². The number of hydrogen-bond donors (Lipinski definition) is 2. The first kappa shape index (κ1) is 18.7. The maximum atomic E-state index is 5.27. The summed E-state index contributed by atoms with van der Waals surface area (Å²) in [6.45, 7) is 7.08. The Balaban J connectivity index is 1.64. The number of methoxy groups -OCH3 is 1. The van der Waals surface area contributed by atoms with Crippen LogP contribution < -0.4 is 15.4 Å². The molecule has 2 aromatic carbocycles. The molecule has 0 aliphatic rings. The predicted octanol–water partition coefficient (Wildman–Crippen LogP) is 4.81. The number of rotatable bonds is 7. The lowest BCUT2D eigenvalue weighted by Crippen LogP contribution is -2.08. The molecule has 0 aliphatic carbocycles. The lowest BCUT2D eigenvalue weighted by molar-refractivity contribution is 0.414. The van der Waals surface area contributed by atoms with Crippen LogP contribution in [0.25, 0.3) is 0 Å². The van der Waals surface area contributed by atoms with E-state index in [2.05, 4.69) is 65.6 Å². The van der Waals surface area contributed by atoms with E-state index in [0.29, 0.717) is 5.95 Å². The minimum absolute atomic E-state index is 0.594. The van der Waals surface area contributed by atoms with Crippen LogP contribution in [-0.2, 0) is 6.42 Å². The van der Waals surface area contributed by atoms with Crippen LogP contribution in [0.1, 0.15) is 22.3 Å². The van der Waals surface area contributed by atoms with E-state index in [4.69, 9.17) is 4.74 Å². The molecule has 2 N–H and O–H groups in total. The van der Waals surface area contributed by atoms with Gasteiger partial charge in [0.1, 0.15) is 11.6 Å². The van der Waals surface area contributed by atoms with Gasteiger partial charge in [-0.1, -0.05) is 29.8 Å². The van der Waals surface area contributed by atoms with Crippen LogP contribution in [-0.4, -0.2) is 23.6 Å². The maximum absolute atomic E-state index is 5.27. The molecular formula is C22H26N4O. The van der Waals surface area contributed by atoms with Crippen LogP contribution >= 0.6 is 0 Å². The van der Waals surface area contributed by atoms with Crippen LogP contribution in [0.2, 0.25) is 0 Å². The second-order valence-electron chi connectivity index (χ2n) is 6.69. The number of benzene rings is 2. The Morgan fingerprint density at radius 3 is 2.52 bits per heavy atom. The van der Waals surface area contributed by atoms with E-state index in [1.165, 1.54) is 22.3 Å². The molecular weight excluding hydrogens is 336 g/mol. The molecule has 0 unspecified atom stereocenters. The highest BCUT2D eigenvalue weighted by Gasteiger charge is 2.06. The number of anilines is 3. The average Bonchev–Trinajstić information content (AvgIpc) is 2.65. The van der Waals surface area contributed by atoms with E-state index in [0.717, 1.165) is 30.2 Å². The van der Waals surface area contributed by atoms with Gasteiger partial charge in [0.05, 0.1) is 7.11 Å². The van der Waals surface area contributed by atoms with Crippen molar-refractivity contribution >= 4 is 17.5 Å². The normalized spacial score (nSPS) is 10.5. The molecule has 1 aromatic heterocycles. The van der Waals surface area contributed by atoms with E-state index in [-0.39, 0.29) is 0 Å². The van der Waals surface area contributed by atoms with Crippen molar-refractivity contribution in [2.45, 2.75) is 27.2 Å². The molecule has 0 aliphatic heterocycles. The van der Waals surface area contributed by atoms with Crippen molar-refractivity contribution in [2.24, 2.45) is 0 Å². The summed E-state index contributed by atoms with van der Waals surface area (Å²) >= 11 is 0.